The van der Waals surface area contributed by atoms with Gasteiger partial charge in [-0.25, -0.2) is 0 Å². The van der Waals surface area contributed by atoms with Crippen LogP contribution in [-0.2, 0) is 14.4 Å². The third-order valence-corrected chi connectivity index (χ3v) is 8.14. The Hall–Kier alpha value is -2.31. The second-order valence-corrected chi connectivity index (χ2v) is 10.4. The van der Waals surface area contributed by atoms with E-state index in [1.54, 1.807) is 30.4 Å². The molecule has 33 heavy (non-hydrogen) atoms. The summed E-state index contributed by atoms with van der Waals surface area (Å²) >= 11 is 0. The molecule has 0 N–H and O–H groups in total. The smallest absolute Gasteiger partial charge is 0.171 e. The molecular formula is C27H35N2O4-. The molecule has 0 aliphatic heterocycles. The van der Waals surface area contributed by atoms with E-state index in [9.17, 15) is 19.5 Å². The second-order valence-electron chi connectivity index (χ2n) is 10.4. The zero-order valence-electron chi connectivity index (χ0n) is 20.1. The van der Waals surface area contributed by atoms with Crippen molar-refractivity contribution in [3.05, 3.63) is 47.3 Å². The summed E-state index contributed by atoms with van der Waals surface area (Å²) in [6.07, 6.45) is 13.6. The van der Waals surface area contributed by atoms with Gasteiger partial charge in [0.25, 0.3) is 0 Å². The molecule has 178 valence electrons. The molecule has 4 rings (SSSR count). The van der Waals surface area contributed by atoms with Crippen LogP contribution in [0.3, 0.4) is 0 Å². The fourth-order valence-corrected chi connectivity index (χ4v) is 6.51. The molecule has 6 unspecified atom stereocenters. The monoisotopic (exact) mass is 451 g/mol. The molecule has 4 aliphatic rings. The molecule has 0 aromatic carbocycles. The zero-order chi connectivity index (χ0) is 23.9. The van der Waals surface area contributed by atoms with Gasteiger partial charge >= 0.3 is 0 Å². The normalized spacial score (nSPS) is 36.3. The number of Topliss-reactive ketones (excluding diaryl/α,β-unsaturated/α-hetero) is 3. The molecule has 0 aromatic rings. The summed E-state index contributed by atoms with van der Waals surface area (Å²) in [5.74, 6) is -1.07. The number of hydrogen-bond acceptors (Lipinski definition) is 6. The summed E-state index contributed by atoms with van der Waals surface area (Å²) in [6.45, 7) is 0. The number of ketones is 3. The van der Waals surface area contributed by atoms with Crippen molar-refractivity contribution < 1.29 is 19.5 Å². The van der Waals surface area contributed by atoms with Crippen molar-refractivity contribution in [3.8, 4) is 0 Å². The van der Waals surface area contributed by atoms with Crippen LogP contribution < -0.4 is 5.11 Å². The Bertz CT molecular complexity index is 955. The van der Waals surface area contributed by atoms with E-state index in [0.29, 0.717) is 0 Å². The molecule has 0 radical (unpaired) electrons. The van der Waals surface area contributed by atoms with Crippen molar-refractivity contribution in [2.24, 2.45) is 23.7 Å². The van der Waals surface area contributed by atoms with Gasteiger partial charge in [-0.1, -0.05) is 37.1 Å². The van der Waals surface area contributed by atoms with Crippen LogP contribution in [0.25, 0.3) is 0 Å². The van der Waals surface area contributed by atoms with Crippen LogP contribution in [-0.4, -0.2) is 67.4 Å². The SMILES string of the molecule is CN(C)C1CCCC2C(=O)C(=CC=CC=CC3=C([O-])C4CCCC(N(C)C)C4C3=O)C(=O)C21. The fraction of sp³-hybridized carbons (Fsp3) is 0.593. The lowest BCUT2D eigenvalue weighted by Gasteiger charge is -2.39. The molecular weight excluding hydrogens is 416 g/mol. The molecule has 3 saturated carbocycles. The van der Waals surface area contributed by atoms with E-state index in [0.717, 1.165) is 38.5 Å². The molecule has 0 heterocycles. The maximum absolute atomic E-state index is 13.0. The van der Waals surface area contributed by atoms with E-state index in [1.807, 2.05) is 28.2 Å². The second kappa shape index (κ2) is 9.51. The van der Waals surface area contributed by atoms with Crippen LogP contribution in [0.1, 0.15) is 38.5 Å². The van der Waals surface area contributed by atoms with Crippen LogP contribution in [0.2, 0.25) is 0 Å². The van der Waals surface area contributed by atoms with Crippen molar-refractivity contribution in [1.82, 2.24) is 9.80 Å². The standard InChI is InChI=1S/C27H36N2O4/c1-28(2)20-14-8-12-16-22(20)26(32)18(24(16)30)10-6-5-7-11-19-25(31)17-13-9-15-21(29(3)4)23(17)27(19)33/h5-7,10-11,16-17,20-23,30H,8-9,12-15H2,1-4H3/p-1. The molecule has 0 spiro atoms. The van der Waals surface area contributed by atoms with E-state index in [-0.39, 0.29) is 70.0 Å². The van der Waals surface area contributed by atoms with Crippen LogP contribution in [0.5, 0.6) is 0 Å². The summed E-state index contributed by atoms with van der Waals surface area (Å²) in [5.41, 5.74) is 0.563. The average Bonchev–Trinajstić information content (AvgIpc) is 3.18. The summed E-state index contributed by atoms with van der Waals surface area (Å²) in [5, 5.41) is 12.9. The topological polar surface area (TPSA) is 80.8 Å². The minimum absolute atomic E-state index is 0.0421. The molecule has 0 bridgehead atoms. The first kappa shape index (κ1) is 23.8. The maximum Gasteiger partial charge on any atom is 0.171 e. The van der Waals surface area contributed by atoms with Crippen LogP contribution in [0, 0.1) is 23.7 Å². The summed E-state index contributed by atoms with van der Waals surface area (Å²) < 4.78 is 0. The highest BCUT2D eigenvalue weighted by Crippen LogP contribution is 2.44. The Balaban J connectivity index is 1.47. The van der Waals surface area contributed by atoms with Gasteiger partial charge < -0.3 is 14.9 Å². The summed E-state index contributed by atoms with van der Waals surface area (Å²) in [7, 11) is 7.88. The fourth-order valence-electron chi connectivity index (χ4n) is 6.51. The van der Waals surface area contributed by atoms with Crippen molar-refractivity contribution >= 4 is 17.3 Å². The Labute approximate surface area is 196 Å². The molecule has 6 atom stereocenters. The molecule has 3 fully saturated rings. The largest absolute Gasteiger partial charge is 0.875 e. The predicted molar refractivity (Wildman–Crippen MR) is 125 cm³/mol. The number of nitrogens with zero attached hydrogens (tertiary/aromatic N) is 2. The highest BCUT2D eigenvalue weighted by atomic mass is 16.3. The highest BCUT2D eigenvalue weighted by molar-refractivity contribution is 6.27. The van der Waals surface area contributed by atoms with Gasteiger partial charge in [-0.3, -0.25) is 14.4 Å². The first-order valence-corrected chi connectivity index (χ1v) is 12.2. The molecule has 0 amide bonds. The van der Waals surface area contributed by atoms with Crippen molar-refractivity contribution in [1.29, 1.82) is 0 Å². The number of fused-ring (bicyclic) bond motifs is 2. The average molecular weight is 452 g/mol. The number of carbonyl (C=O) groups is 3. The van der Waals surface area contributed by atoms with Gasteiger partial charge in [-0.2, -0.15) is 0 Å². The van der Waals surface area contributed by atoms with Crippen molar-refractivity contribution in [2.45, 2.75) is 50.6 Å². The lowest BCUT2D eigenvalue weighted by Crippen LogP contribution is -2.44. The van der Waals surface area contributed by atoms with E-state index in [4.69, 9.17) is 0 Å². The van der Waals surface area contributed by atoms with Crippen LogP contribution >= 0.6 is 0 Å². The minimum Gasteiger partial charge on any atom is -0.875 e. The Kier molecular flexibility index (Phi) is 6.87. The summed E-state index contributed by atoms with van der Waals surface area (Å²) in [6, 6.07) is 0.223. The number of rotatable bonds is 5. The predicted octanol–water partition coefficient (Wildman–Crippen LogP) is 2.07. The molecule has 0 aromatic heterocycles. The van der Waals surface area contributed by atoms with E-state index in [1.165, 1.54) is 0 Å². The first-order valence-electron chi connectivity index (χ1n) is 12.2. The number of carbonyl (C=O) groups excluding carboxylic acids is 3. The van der Waals surface area contributed by atoms with E-state index in [2.05, 4.69) is 9.80 Å². The maximum atomic E-state index is 13.0. The van der Waals surface area contributed by atoms with Gasteiger partial charge in [0.1, 0.15) is 0 Å². The lowest BCUT2D eigenvalue weighted by molar-refractivity contribution is -0.317. The van der Waals surface area contributed by atoms with Crippen LogP contribution in [0.15, 0.2) is 47.3 Å². The van der Waals surface area contributed by atoms with Gasteiger partial charge in [0.05, 0.1) is 5.57 Å². The van der Waals surface area contributed by atoms with Gasteiger partial charge in [0.15, 0.2) is 17.3 Å². The van der Waals surface area contributed by atoms with E-state index >= 15 is 0 Å². The minimum atomic E-state index is -0.242. The third kappa shape index (κ3) is 4.19. The Morgan fingerprint density at radius 2 is 1.30 bits per heavy atom. The van der Waals surface area contributed by atoms with Gasteiger partial charge in [-0.15, -0.1) is 5.76 Å². The van der Waals surface area contributed by atoms with Gasteiger partial charge in [0.2, 0.25) is 0 Å². The zero-order valence-corrected chi connectivity index (χ0v) is 20.1. The summed E-state index contributed by atoms with van der Waals surface area (Å²) in [4.78, 5) is 43.0. The lowest BCUT2D eigenvalue weighted by atomic mass is 9.76. The van der Waals surface area contributed by atoms with Crippen molar-refractivity contribution in [3.63, 3.8) is 0 Å². The van der Waals surface area contributed by atoms with Gasteiger partial charge in [-0.05, 0) is 65.9 Å². The van der Waals surface area contributed by atoms with Gasteiger partial charge in [0, 0.05) is 35.4 Å². The van der Waals surface area contributed by atoms with Crippen molar-refractivity contribution in [2.75, 3.05) is 28.2 Å². The molecule has 6 nitrogen and oxygen atoms in total. The molecule has 0 saturated heterocycles. The Morgan fingerprint density at radius 1 is 0.727 bits per heavy atom. The number of hydrogen-bond donors (Lipinski definition) is 0. The Morgan fingerprint density at radius 3 is 1.91 bits per heavy atom. The first-order chi connectivity index (χ1) is 15.7. The molecule has 4 aliphatic carbocycles. The molecule has 6 heteroatoms. The van der Waals surface area contributed by atoms with Crippen LogP contribution in [0.4, 0.5) is 0 Å². The third-order valence-electron chi connectivity index (χ3n) is 8.14. The highest BCUT2D eigenvalue weighted by Gasteiger charge is 2.50. The van der Waals surface area contributed by atoms with E-state index < -0.39 is 0 Å². The number of allylic oxidation sites excluding steroid dienone is 8. The quantitative estimate of drug-likeness (QED) is 0.362.